The number of carboxylic acid groups (broad SMARTS) is 1. The van der Waals surface area contributed by atoms with Crippen LogP contribution in [0.2, 0.25) is 0 Å². The average molecular weight is 292 g/mol. The van der Waals surface area contributed by atoms with Crippen molar-refractivity contribution in [3.05, 3.63) is 29.8 Å². The number of amides is 1. The van der Waals surface area contributed by atoms with Crippen molar-refractivity contribution < 1.29 is 14.7 Å². The Morgan fingerprint density at radius 3 is 2.48 bits per heavy atom. The van der Waals surface area contributed by atoms with Crippen LogP contribution in [0.25, 0.3) is 0 Å². The minimum Gasteiger partial charge on any atom is -0.481 e. The van der Waals surface area contributed by atoms with Crippen molar-refractivity contribution in [2.75, 3.05) is 19.4 Å². The van der Waals surface area contributed by atoms with E-state index in [4.69, 9.17) is 5.11 Å². The van der Waals surface area contributed by atoms with Crippen LogP contribution in [-0.4, -0.2) is 42.0 Å². The van der Waals surface area contributed by atoms with Gasteiger partial charge in [0.15, 0.2) is 0 Å². The van der Waals surface area contributed by atoms with Crippen molar-refractivity contribution in [3.8, 4) is 0 Å². The fourth-order valence-electron chi connectivity index (χ4n) is 2.41. The summed E-state index contributed by atoms with van der Waals surface area (Å²) in [7, 11) is 3.76. The Morgan fingerprint density at radius 1 is 1.29 bits per heavy atom. The SMILES string of the molecule is CC(C)[C@@H](C(=O)Nc1cccc(CCC(=O)O)c1)N(C)C. The van der Waals surface area contributed by atoms with E-state index in [-0.39, 0.29) is 24.3 Å². The number of aliphatic carboxylic acids is 1. The number of hydrogen-bond acceptors (Lipinski definition) is 3. The summed E-state index contributed by atoms with van der Waals surface area (Å²) in [5.74, 6) is -0.669. The van der Waals surface area contributed by atoms with E-state index in [0.717, 1.165) is 5.56 Å². The van der Waals surface area contributed by atoms with Gasteiger partial charge in [-0.15, -0.1) is 0 Å². The minimum atomic E-state index is -0.822. The zero-order valence-corrected chi connectivity index (χ0v) is 13.1. The van der Waals surface area contributed by atoms with Gasteiger partial charge in [-0.2, -0.15) is 0 Å². The van der Waals surface area contributed by atoms with Gasteiger partial charge in [-0.05, 0) is 44.1 Å². The van der Waals surface area contributed by atoms with Crippen LogP contribution in [0.5, 0.6) is 0 Å². The summed E-state index contributed by atoms with van der Waals surface area (Å²) in [4.78, 5) is 24.8. The van der Waals surface area contributed by atoms with E-state index in [1.807, 2.05) is 57.1 Å². The Morgan fingerprint density at radius 2 is 1.95 bits per heavy atom. The number of nitrogens with zero attached hydrogens (tertiary/aromatic N) is 1. The highest BCUT2D eigenvalue weighted by Gasteiger charge is 2.24. The third-order valence-electron chi connectivity index (χ3n) is 3.28. The molecule has 0 heterocycles. The number of hydrogen-bond donors (Lipinski definition) is 2. The molecule has 0 aliphatic carbocycles. The van der Waals surface area contributed by atoms with Crippen molar-refractivity contribution in [2.24, 2.45) is 5.92 Å². The van der Waals surface area contributed by atoms with E-state index in [0.29, 0.717) is 12.1 Å². The van der Waals surface area contributed by atoms with E-state index in [2.05, 4.69) is 5.32 Å². The number of aryl methyl sites for hydroxylation is 1. The topological polar surface area (TPSA) is 69.6 Å². The van der Waals surface area contributed by atoms with Crippen LogP contribution in [0.3, 0.4) is 0 Å². The normalized spacial score (nSPS) is 12.5. The number of carbonyl (C=O) groups is 2. The standard InChI is InChI=1S/C16H24N2O3/c1-11(2)15(18(3)4)16(21)17-13-7-5-6-12(10-13)8-9-14(19)20/h5-7,10-11,15H,8-9H2,1-4H3,(H,17,21)(H,19,20)/t15-/m0/s1. The van der Waals surface area contributed by atoms with Gasteiger partial charge in [-0.3, -0.25) is 14.5 Å². The van der Waals surface area contributed by atoms with E-state index in [1.54, 1.807) is 0 Å². The molecule has 0 bridgehead atoms. The molecule has 0 unspecified atom stereocenters. The molecule has 0 saturated heterocycles. The number of likely N-dealkylation sites (N-methyl/N-ethyl adjacent to an activating group) is 1. The lowest BCUT2D eigenvalue weighted by Crippen LogP contribution is -2.43. The summed E-state index contributed by atoms with van der Waals surface area (Å²) < 4.78 is 0. The van der Waals surface area contributed by atoms with Gasteiger partial charge in [-0.1, -0.05) is 26.0 Å². The molecular weight excluding hydrogens is 268 g/mol. The molecule has 1 atom stereocenters. The third kappa shape index (κ3) is 5.55. The van der Waals surface area contributed by atoms with Crippen LogP contribution in [-0.2, 0) is 16.0 Å². The van der Waals surface area contributed by atoms with Gasteiger partial charge >= 0.3 is 5.97 Å². The molecule has 0 radical (unpaired) electrons. The summed E-state index contributed by atoms with van der Waals surface area (Å²) in [5.41, 5.74) is 1.61. The molecule has 0 aromatic heterocycles. The molecule has 5 heteroatoms. The van der Waals surface area contributed by atoms with Crippen LogP contribution in [0.4, 0.5) is 5.69 Å². The minimum absolute atomic E-state index is 0.0506. The molecule has 1 aromatic rings. The Balaban J connectivity index is 2.76. The van der Waals surface area contributed by atoms with Crippen LogP contribution >= 0.6 is 0 Å². The highest BCUT2D eigenvalue weighted by molar-refractivity contribution is 5.95. The van der Waals surface area contributed by atoms with Gasteiger partial charge in [0.05, 0.1) is 6.04 Å². The number of nitrogens with one attached hydrogen (secondary N) is 1. The quantitative estimate of drug-likeness (QED) is 0.808. The molecule has 1 rings (SSSR count). The fourth-order valence-corrected chi connectivity index (χ4v) is 2.41. The zero-order valence-electron chi connectivity index (χ0n) is 13.1. The molecule has 116 valence electrons. The monoisotopic (exact) mass is 292 g/mol. The van der Waals surface area contributed by atoms with Gasteiger partial charge in [0.2, 0.25) is 5.91 Å². The first-order valence-electron chi connectivity index (χ1n) is 7.09. The van der Waals surface area contributed by atoms with Gasteiger partial charge < -0.3 is 10.4 Å². The fraction of sp³-hybridized carbons (Fsp3) is 0.500. The van der Waals surface area contributed by atoms with Crippen molar-refractivity contribution >= 4 is 17.6 Å². The first-order chi connectivity index (χ1) is 9.81. The second-order valence-electron chi connectivity index (χ2n) is 5.74. The van der Waals surface area contributed by atoms with Crippen molar-refractivity contribution in [3.63, 3.8) is 0 Å². The highest BCUT2D eigenvalue weighted by Crippen LogP contribution is 2.15. The number of carbonyl (C=O) groups excluding carboxylic acids is 1. The highest BCUT2D eigenvalue weighted by atomic mass is 16.4. The Kier molecular flexibility index (Phi) is 6.37. The summed E-state index contributed by atoms with van der Waals surface area (Å²) in [6, 6.07) is 7.13. The molecule has 0 saturated carbocycles. The number of rotatable bonds is 7. The smallest absolute Gasteiger partial charge is 0.303 e. The van der Waals surface area contributed by atoms with E-state index >= 15 is 0 Å². The first kappa shape index (κ1) is 17.2. The Hall–Kier alpha value is -1.88. The van der Waals surface area contributed by atoms with Crippen molar-refractivity contribution in [1.29, 1.82) is 0 Å². The third-order valence-corrected chi connectivity index (χ3v) is 3.28. The molecule has 0 fully saturated rings. The second kappa shape index (κ2) is 7.78. The lowest BCUT2D eigenvalue weighted by molar-refractivity contribution is -0.137. The summed E-state index contributed by atoms with van der Waals surface area (Å²) in [6.07, 6.45) is 0.546. The Bertz CT molecular complexity index is 490. The second-order valence-corrected chi connectivity index (χ2v) is 5.74. The molecule has 0 aliphatic rings. The maximum Gasteiger partial charge on any atom is 0.303 e. The van der Waals surface area contributed by atoms with Crippen molar-refractivity contribution in [2.45, 2.75) is 32.7 Å². The zero-order chi connectivity index (χ0) is 16.0. The molecule has 0 spiro atoms. The molecular formula is C16H24N2O3. The number of benzene rings is 1. The lowest BCUT2D eigenvalue weighted by Gasteiger charge is -2.26. The van der Waals surface area contributed by atoms with Crippen LogP contribution < -0.4 is 5.32 Å². The van der Waals surface area contributed by atoms with Gasteiger partial charge in [0, 0.05) is 12.1 Å². The van der Waals surface area contributed by atoms with Crippen LogP contribution in [0, 0.1) is 5.92 Å². The van der Waals surface area contributed by atoms with Crippen LogP contribution in [0.15, 0.2) is 24.3 Å². The maximum atomic E-state index is 12.3. The largest absolute Gasteiger partial charge is 0.481 e. The number of carboxylic acids is 1. The molecule has 2 N–H and O–H groups in total. The molecule has 1 amide bonds. The van der Waals surface area contributed by atoms with E-state index < -0.39 is 5.97 Å². The number of anilines is 1. The van der Waals surface area contributed by atoms with Crippen molar-refractivity contribution in [1.82, 2.24) is 4.90 Å². The average Bonchev–Trinajstić information content (AvgIpc) is 2.35. The first-order valence-corrected chi connectivity index (χ1v) is 7.09. The lowest BCUT2D eigenvalue weighted by atomic mass is 10.0. The Labute approximate surface area is 126 Å². The van der Waals surface area contributed by atoms with E-state index in [9.17, 15) is 9.59 Å². The maximum absolute atomic E-state index is 12.3. The van der Waals surface area contributed by atoms with Gasteiger partial charge in [-0.25, -0.2) is 0 Å². The summed E-state index contributed by atoms with van der Waals surface area (Å²) in [5, 5.41) is 11.6. The van der Waals surface area contributed by atoms with Gasteiger partial charge in [0.1, 0.15) is 0 Å². The van der Waals surface area contributed by atoms with Gasteiger partial charge in [0.25, 0.3) is 0 Å². The van der Waals surface area contributed by atoms with Crippen LogP contribution in [0.1, 0.15) is 25.8 Å². The van der Waals surface area contributed by atoms with E-state index in [1.165, 1.54) is 0 Å². The summed E-state index contributed by atoms with van der Waals surface area (Å²) >= 11 is 0. The molecule has 5 nitrogen and oxygen atoms in total. The predicted molar refractivity (Wildman–Crippen MR) is 83.3 cm³/mol. The molecule has 1 aromatic carbocycles. The summed E-state index contributed by atoms with van der Waals surface area (Å²) in [6.45, 7) is 4.01. The predicted octanol–water partition coefficient (Wildman–Crippen LogP) is 2.23. The molecule has 0 aliphatic heterocycles. The molecule has 21 heavy (non-hydrogen) atoms.